The van der Waals surface area contributed by atoms with Crippen molar-refractivity contribution < 1.29 is 9.53 Å². The minimum Gasteiger partial charge on any atom is -0.381 e. The number of carbonyl (C=O) groups is 1. The van der Waals surface area contributed by atoms with Gasteiger partial charge in [-0.25, -0.2) is 4.98 Å². The molecule has 0 atom stereocenters. The van der Waals surface area contributed by atoms with Crippen LogP contribution in [0.4, 0.5) is 5.82 Å². The maximum Gasteiger partial charge on any atom is 0.256 e. The minimum absolute atomic E-state index is 0.160. The maximum absolute atomic E-state index is 12.7. The number of anilines is 1. The Morgan fingerprint density at radius 2 is 2.00 bits per heavy atom. The molecular weight excluding hydrogens is 364 g/mol. The molecule has 3 heterocycles. The maximum atomic E-state index is 12.7. The van der Waals surface area contributed by atoms with Crippen LogP contribution in [0.15, 0.2) is 48.8 Å². The van der Waals surface area contributed by atoms with E-state index in [2.05, 4.69) is 22.1 Å². The molecule has 1 fully saturated rings. The summed E-state index contributed by atoms with van der Waals surface area (Å²) in [6, 6.07) is 11.4. The monoisotopic (exact) mass is 390 g/mol. The second-order valence-electron chi connectivity index (χ2n) is 7.56. The number of rotatable bonds is 5. The molecule has 6 heteroatoms. The number of carbonyl (C=O) groups excluding carboxylic acids is 1. The summed E-state index contributed by atoms with van der Waals surface area (Å²) in [5.41, 5.74) is 2.74. The van der Waals surface area contributed by atoms with Crippen molar-refractivity contribution in [1.82, 2.24) is 14.9 Å². The van der Waals surface area contributed by atoms with Gasteiger partial charge in [0.15, 0.2) is 0 Å². The van der Waals surface area contributed by atoms with Crippen LogP contribution in [0.3, 0.4) is 0 Å². The van der Waals surface area contributed by atoms with E-state index in [1.54, 1.807) is 19.5 Å². The van der Waals surface area contributed by atoms with Crippen LogP contribution < -0.4 is 5.32 Å². The molecule has 1 aliphatic heterocycles. The van der Waals surface area contributed by atoms with Crippen LogP contribution in [0.5, 0.6) is 0 Å². The molecule has 0 bridgehead atoms. The summed E-state index contributed by atoms with van der Waals surface area (Å²) >= 11 is 0. The second-order valence-corrected chi connectivity index (χ2v) is 7.56. The predicted octanol–water partition coefficient (Wildman–Crippen LogP) is 3.80. The Morgan fingerprint density at radius 3 is 2.79 bits per heavy atom. The van der Waals surface area contributed by atoms with Crippen LogP contribution in [-0.2, 0) is 11.3 Å². The fourth-order valence-corrected chi connectivity index (χ4v) is 3.73. The van der Waals surface area contributed by atoms with Crippen LogP contribution in [0.25, 0.3) is 10.8 Å². The molecule has 0 aliphatic carbocycles. The Bertz CT molecular complexity index is 1010. The largest absolute Gasteiger partial charge is 0.381 e. The van der Waals surface area contributed by atoms with Gasteiger partial charge < -0.3 is 10.1 Å². The van der Waals surface area contributed by atoms with Gasteiger partial charge in [-0.15, -0.1) is 0 Å². The van der Waals surface area contributed by atoms with E-state index in [0.717, 1.165) is 54.5 Å². The number of amides is 1. The first-order valence-corrected chi connectivity index (χ1v) is 9.99. The molecule has 1 amide bonds. The highest BCUT2D eigenvalue weighted by Gasteiger charge is 2.20. The van der Waals surface area contributed by atoms with Crippen molar-refractivity contribution in [1.29, 1.82) is 0 Å². The zero-order valence-electron chi connectivity index (χ0n) is 16.9. The number of aromatic nitrogens is 2. The number of ether oxygens (including phenoxy) is 1. The van der Waals surface area contributed by atoms with Gasteiger partial charge in [-0.05, 0) is 55.0 Å². The van der Waals surface area contributed by atoms with Gasteiger partial charge in [-0.3, -0.25) is 14.7 Å². The fourth-order valence-electron chi connectivity index (χ4n) is 3.73. The summed E-state index contributed by atoms with van der Waals surface area (Å²) in [6.07, 6.45) is 5.98. The van der Waals surface area contributed by atoms with Crippen molar-refractivity contribution in [3.05, 3.63) is 65.6 Å². The van der Waals surface area contributed by atoms with Crippen LogP contribution in [-0.4, -0.2) is 47.1 Å². The minimum atomic E-state index is -0.160. The smallest absolute Gasteiger partial charge is 0.256 e. The fraction of sp³-hybridized carbons (Fsp3) is 0.348. The van der Waals surface area contributed by atoms with Crippen molar-refractivity contribution in [2.45, 2.75) is 32.4 Å². The number of hydrogen-bond donors (Lipinski definition) is 1. The van der Waals surface area contributed by atoms with E-state index >= 15 is 0 Å². The van der Waals surface area contributed by atoms with Crippen molar-refractivity contribution in [3.63, 3.8) is 0 Å². The highest BCUT2D eigenvalue weighted by atomic mass is 16.5. The van der Waals surface area contributed by atoms with Gasteiger partial charge in [-0.1, -0.05) is 12.1 Å². The van der Waals surface area contributed by atoms with Crippen molar-refractivity contribution >= 4 is 22.5 Å². The molecule has 0 saturated carbocycles. The second kappa shape index (κ2) is 8.68. The Kier molecular flexibility index (Phi) is 5.83. The Labute approximate surface area is 170 Å². The molecule has 150 valence electrons. The van der Waals surface area contributed by atoms with Gasteiger partial charge in [0.2, 0.25) is 0 Å². The van der Waals surface area contributed by atoms with Gasteiger partial charge in [0.1, 0.15) is 5.82 Å². The first-order chi connectivity index (χ1) is 14.1. The third kappa shape index (κ3) is 4.60. The van der Waals surface area contributed by atoms with Crippen molar-refractivity contribution in [2.24, 2.45) is 0 Å². The molecule has 1 N–H and O–H groups in total. The number of fused-ring (bicyclic) bond motifs is 1. The number of pyridine rings is 2. The number of methoxy groups -OCH3 is 1. The standard InChI is InChI=1S/C23H26N4O2/c1-16-3-6-22(25-21(16)15-27-11-8-20(29-2)9-12-27)26-23(28)18-4-5-19-14-24-10-7-17(19)13-18/h3-7,10,13-14,20H,8-9,11-12,15H2,1-2H3,(H,25,26,28). The Hall–Kier alpha value is -2.83. The van der Waals surface area contributed by atoms with Crippen LogP contribution in [0.1, 0.15) is 34.5 Å². The predicted molar refractivity (Wildman–Crippen MR) is 114 cm³/mol. The zero-order chi connectivity index (χ0) is 20.2. The molecule has 1 aromatic carbocycles. The van der Waals surface area contributed by atoms with Crippen molar-refractivity contribution in [2.75, 3.05) is 25.5 Å². The van der Waals surface area contributed by atoms with Gasteiger partial charge in [0.05, 0.1) is 11.8 Å². The molecule has 4 rings (SSSR count). The molecule has 0 spiro atoms. The molecule has 0 unspecified atom stereocenters. The molecule has 1 saturated heterocycles. The van der Waals surface area contributed by atoms with E-state index in [1.807, 2.05) is 36.4 Å². The SMILES string of the molecule is COC1CCN(Cc2nc(NC(=O)c3ccc4cnccc4c3)ccc2C)CC1. The van der Waals surface area contributed by atoms with Crippen LogP contribution in [0.2, 0.25) is 0 Å². The molecule has 0 radical (unpaired) electrons. The Morgan fingerprint density at radius 1 is 1.17 bits per heavy atom. The molecule has 1 aliphatic rings. The third-order valence-electron chi connectivity index (χ3n) is 5.59. The van der Waals surface area contributed by atoms with E-state index in [9.17, 15) is 4.79 Å². The highest BCUT2D eigenvalue weighted by Crippen LogP contribution is 2.19. The van der Waals surface area contributed by atoms with Gasteiger partial charge >= 0.3 is 0 Å². The summed E-state index contributed by atoms with van der Waals surface area (Å²) in [5, 5.41) is 4.94. The van der Waals surface area contributed by atoms with Crippen LogP contribution in [0, 0.1) is 6.92 Å². The molecule has 2 aromatic heterocycles. The third-order valence-corrected chi connectivity index (χ3v) is 5.59. The van der Waals surface area contributed by atoms with E-state index in [1.165, 1.54) is 0 Å². The quantitative estimate of drug-likeness (QED) is 0.718. The number of nitrogens with one attached hydrogen (secondary N) is 1. The first-order valence-electron chi connectivity index (χ1n) is 9.99. The molecule has 6 nitrogen and oxygen atoms in total. The number of hydrogen-bond acceptors (Lipinski definition) is 5. The summed E-state index contributed by atoms with van der Waals surface area (Å²) in [6.45, 7) is 4.85. The van der Waals surface area contributed by atoms with Gasteiger partial charge in [0.25, 0.3) is 5.91 Å². The molecule has 3 aromatic rings. The highest BCUT2D eigenvalue weighted by molar-refractivity contribution is 6.05. The number of aryl methyl sites for hydroxylation is 1. The van der Waals surface area contributed by atoms with Gasteiger partial charge in [-0.2, -0.15) is 0 Å². The van der Waals surface area contributed by atoms with E-state index in [4.69, 9.17) is 9.72 Å². The van der Waals surface area contributed by atoms with E-state index < -0.39 is 0 Å². The van der Waals surface area contributed by atoms with Crippen LogP contribution >= 0.6 is 0 Å². The number of likely N-dealkylation sites (tertiary alicyclic amines) is 1. The number of benzene rings is 1. The Balaban J connectivity index is 1.46. The summed E-state index contributed by atoms with van der Waals surface area (Å²) in [5.74, 6) is 0.420. The average molecular weight is 390 g/mol. The molecule has 29 heavy (non-hydrogen) atoms. The summed E-state index contributed by atoms with van der Waals surface area (Å²) in [7, 11) is 1.78. The number of nitrogens with zero attached hydrogens (tertiary/aromatic N) is 3. The lowest BCUT2D eigenvalue weighted by molar-refractivity contribution is 0.0385. The average Bonchev–Trinajstić information content (AvgIpc) is 2.76. The summed E-state index contributed by atoms with van der Waals surface area (Å²) < 4.78 is 5.45. The summed E-state index contributed by atoms with van der Waals surface area (Å²) in [4.78, 5) is 23.9. The lowest BCUT2D eigenvalue weighted by atomic mass is 10.1. The van der Waals surface area contributed by atoms with E-state index in [-0.39, 0.29) is 5.91 Å². The van der Waals surface area contributed by atoms with Crippen molar-refractivity contribution in [3.8, 4) is 0 Å². The van der Waals surface area contributed by atoms with E-state index in [0.29, 0.717) is 17.5 Å². The topological polar surface area (TPSA) is 67.3 Å². The molecular formula is C23H26N4O2. The first kappa shape index (κ1) is 19.5. The van der Waals surface area contributed by atoms with Gasteiger partial charge in [0, 0.05) is 50.1 Å². The lowest BCUT2D eigenvalue weighted by Gasteiger charge is -2.31. The zero-order valence-corrected chi connectivity index (χ0v) is 16.9. The lowest BCUT2D eigenvalue weighted by Crippen LogP contribution is -2.36. The number of piperidine rings is 1. The normalized spacial score (nSPS) is 15.5.